The number of para-hydroxylation sites is 1. The number of rotatable bonds is 4. The van der Waals surface area contributed by atoms with E-state index in [0.717, 1.165) is 17.4 Å². The lowest BCUT2D eigenvalue weighted by Crippen LogP contribution is -2.03. The molecule has 0 atom stereocenters. The van der Waals surface area contributed by atoms with Gasteiger partial charge in [0, 0.05) is 6.42 Å². The summed E-state index contributed by atoms with van der Waals surface area (Å²) in [5.41, 5.74) is 1.21. The van der Waals surface area contributed by atoms with Gasteiger partial charge in [-0.15, -0.1) is 6.58 Å². The predicted molar refractivity (Wildman–Crippen MR) is 67.4 cm³/mol. The fourth-order valence-electron chi connectivity index (χ4n) is 1.54. The summed E-state index contributed by atoms with van der Waals surface area (Å²) < 4.78 is 10.7. The third-order valence-corrected chi connectivity index (χ3v) is 2.40. The second-order valence-electron chi connectivity index (χ2n) is 3.98. The minimum atomic E-state index is -0.394. The van der Waals surface area contributed by atoms with Crippen molar-refractivity contribution in [2.75, 3.05) is 6.61 Å². The Morgan fingerprint density at radius 1 is 1.41 bits per heavy atom. The lowest BCUT2D eigenvalue weighted by Gasteiger charge is -2.07. The van der Waals surface area contributed by atoms with Gasteiger partial charge in [0.2, 0.25) is 0 Å². The lowest BCUT2D eigenvalue weighted by molar-refractivity contribution is 0.322. The van der Waals surface area contributed by atoms with Gasteiger partial charge in [0.1, 0.15) is 11.3 Å². The van der Waals surface area contributed by atoms with Crippen LogP contribution in [0.4, 0.5) is 0 Å². The molecule has 0 saturated carbocycles. The SMILES string of the molecule is C=C(C)CCOc1cc(=O)oc2ccccc12. The monoisotopic (exact) mass is 230 g/mol. The van der Waals surface area contributed by atoms with Crippen molar-refractivity contribution >= 4 is 11.0 Å². The van der Waals surface area contributed by atoms with Crippen LogP contribution in [0.2, 0.25) is 0 Å². The summed E-state index contributed by atoms with van der Waals surface area (Å²) in [6.45, 7) is 6.27. The van der Waals surface area contributed by atoms with E-state index in [-0.39, 0.29) is 0 Å². The molecular formula is C14H14O3. The van der Waals surface area contributed by atoms with Crippen LogP contribution in [-0.2, 0) is 0 Å². The van der Waals surface area contributed by atoms with Crippen LogP contribution < -0.4 is 10.4 Å². The summed E-state index contributed by atoms with van der Waals surface area (Å²) in [5.74, 6) is 0.568. The van der Waals surface area contributed by atoms with E-state index in [4.69, 9.17) is 9.15 Å². The van der Waals surface area contributed by atoms with Crippen LogP contribution >= 0.6 is 0 Å². The maximum atomic E-state index is 11.3. The summed E-state index contributed by atoms with van der Waals surface area (Å²) in [6.07, 6.45) is 0.772. The molecule has 1 aromatic heterocycles. The van der Waals surface area contributed by atoms with Crippen molar-refractivity contribution in [2.45, 2.75) is 13.3 Å². The molecule has 0 spiro atoms. The fraction of sp³-hybridized carbons (Fsp3) is 0.214. The van der Waals surface area contributed by atoms with E-state index in [0.29, 0.717) is 17.9 Å². The molecule has 0 radical (unpaired) electrons. The molecule has 0 aliphatic rings. The standard InChI is InChI=1S/C14H14O3/c1-10(2)7-8-16-13-9-14(15)17-12-6-4-3-5-11(12)13/h3-6,9H,1,7-8H2,2H3. The quantitative estimate of drug-likeness (QED) is 0.598. The highest BCUT2D eigenvalue weighted by atomic mass is 16.5. The third-order valence-electron chi connectivity index (χ3n) is 2.40. The third kappa shape index (κ3) is 2.75. The average molecular weight is 230 g/mol. The van der Waals surface area contributed by atoms with E-state index in [1.165, 1.54) is 6.07 Å². The molecule has 0 amide bonds. The first-order valence-electron chi connectivity index (χ1n) is 5.47. The number of fused-ring (bicyclic) bond motifs is 1. The average Bonchev–Trinajstić information content (AvgIpc) is 2.28. The van der Waals surface area contributed by atoms with Gasteiger partial charge in [0.15, 0.2) is 0 Å². The van der Waals surface area contributed by atoms with Crippen LogP contribution in [0.15, 0.2) is 51.7 Å². The molecule has 17 heavy (non-hydrogen) atoms. The van der Waals surface area contributed by atoms with E-state index in [2.05, 4.69) is 6.58 Å². The van der Waals surface area contributed by atoms with Crippen LogP contribution in [0, 0.1) is 0 Å². The van der Waals surface area contributed by atoms with Crippen molar-refractivity contribution in [3.63, 3.8) is 0 Å². The fourth-order valence-corrected chi connectivity index (χ4v) is 1.54. The normalized spacial score (nSPS) is 10.4. The van der Waals surface area contributed by atoms with E-state index < -0.39 is 5.63 Å². The molecule has 3 heteroatoms. The summed E-state index contributed by atoms with van der Waals surface area (Å²) in [6, 6.07) is 8.70. The van der Waals surface area contributed by atoms with Gasteiger partial charge in [-0.05, 0) is 19.1 Å². The topological polar surface area (TPSA) is 39.4 Å². The first kappa shape index (κ1) is 11.5. The molecule has 0 N–H and O–H groups in total. The molecule has 2 aromatic rings. The minimum Gasteiger partial charge on any atom is -0.492 e. The summed E-state index contributed by atoms with van der Waals surface area (Å²) in [7, 11) is 0. The Labute approximate surface area is 99.3 Å². The lowest BCUT2D eigenvalue weighted by atomic mass is 10.2. The Bertz CT molecular complexity index is 596. The Hall–Kier alpha value is -2.03. The molecule has 1 heterocycles. The maximum absolute atomic E-state index is 11.3. The van der Waals surface area contributed by atoms with E-state index in [1.54, 1.807) is 6.07 Å². The molecule has 0 fully saturated rings. The van der Waals surface area contributed by atoms with E-state index in [1.807, 2.05) is 25.1 Å². The van der Waals surface area contributed by atoms with Crippen molar-refractivity contribution in [1.29, 1.82) is 0 Å². The molecule has 88 valence electrons. The van der Waals surface area contributed by atoms with E-state index >= 15 is 0 Å². The molecule has 0 bridgehead atoms. The highest BCUT2D eigenvalue weighted by Crippen LogP contribution is 2.23. The van der Waals surface area contributed by atoms with Crippen molar-refractivity contribution in [1.82, 2.24) is 0 Å². The van der Waals surface area contributed by atoms with Crippen LogP contribution in [-0.4, -0.2) is 6.61 Å². The predicted octanol–water partition coefficient (Wildman–Crippen LogP) is 3.14. The van der Waals surface area contributed by atoms with Crippen molar-refractivity contribution in [3.05, 3.63) is 52.9 Å². The Balaban J connectivity index is 2.32. The molecular weight excluding hydrogens is 216 g/mol. The van der Waals surface area contributed by atoms with Gasteiger partial charge in [0.25, 0.3) is 0 Å². The van der Waals surface area contributed by atoms with Crippen molar-refractivity contribution < 1.29 is 9.15 Å². The zero-order valence-corrected chi connectivity index (χ0v) is 9.73. The maximum Gasteiger partial charge on any atom is 0.339 e. The number of hydrogen-bond acceptors (Lipinski definition) is 3. The first-order valence-corrected chi connectivity index (χ1v) is 5.47. The second kappa shape index (κ2) is 4.87. The molecule has 0 aliphatic carbocycles. The summed E-state index contributed by atoms with van der Waals surface area (Å²) in [5, 5.41) is 0.814. The molecule has 1 aromatic carbocycles. The Morgan fingerprint density at radius 2 is 2.18 bits per heavy atom. The van der Waals surface area contributed by atoms with Crippen molar-refractivity contribution in [3.8, 4) is 5.75 Å². The molecule has 2 rings (SSSR count). The molecule has 0 saturated heterocycles. The highest BCUT2D eigenvalue weighted by Gasteiger charge is 2.05. The molecule has 3 nitrogen and oxygen atoms in total. The van der Waals surface area contributed by atoms with Gasteiger partial charge in [-0.25, -0.2) is 4.79 Å². The largest absolute Gasteiger partial charge is 0.492 e. The second-order valence-corrected chi connectivity index (χ2v) is 3.98. The van der Waals surface area contributed by atoms with Gasteiger partial charge >= 0.3 is 5.63 Å². The first-order chi connectivity index (χ1) is 8.16. The zero-order chi connectivity index (χ0) is 12.3. The van der Waals surface area contributed by atoms with Gasteiger partial charge < -0.3 is 9.15 Å². The summed E-state index contributed by atoms with van der Waals surface area (Å²) >= 11 is 0. The number of ether oxygens (including phenoxy) is 1. The van der Waals surface area contributed by atoms with Gasteiger partial charge in [-0.3, -0.25) is 0 Å². The van der Waals surface area contributed by atoms with Gasteiger partial charge in [0.05, 0.1) is 18.1 Å². The van der Waals surface area contributed by atoms with Crippen LogP contribution in [0.1, 0.15) is 13.3 Å². The summed E-state index contributed by atoms with van der Waals surface area (Å²) in [4.78, 5) is 11.3. The molecule has 0 aliphatic heterocycles. The van der Waals surface area contributed by atoms with E-state index in [9.17, 15) is 4.79 Å². The van der Waals surface area contributed by atoms with Crippen LogP contribution in [0.5, 0.6) is 5.75 Å². The zero-order valence-electron chi connectivity index (χ0n) is 9.73. The Morgan fingerprint density at radius 3 is 2.94 bits per heavy atom. The van der Waals surface area contributed by atoms with Crippen LogP contribution in [0.3, 0.4) is 0 Å². The van der Waals surface area contributed by atoms with Gasteiger partial charge in [-0.1, -0.05) is 17.7 Å². The molecule has 0 unspecified atom stereocenters. The number of hydrogen-bond donors (Lipinski definition) is 0. The highest BCUT2D eigenvalue weighted by molar-refractivity contribution is 5.82. The smallest absolute Gasteiger partial charge is 0.339 e. The van der Waals surface area contributed by atoms with Gasteiger partial charge in [-0.2, -0.15) is 0 Å². The number of benzene rings is 1. The Kier molecular flexibility index (Phi) is 3.28. The minimum absolute atomic E-state index is 0.394. The van der Waals surface area contributed by atoms with Crippen LogP contribution in [0.25, 0.3) is 11.0 Å². The van der Waals surface area contributed by atoms with Crippen molar-refractivity contribution in [2.24, 2.45) is 0 Å².